The molecule has 5 saturated carbocycles. The van der Waals surface area contributed by atoms with E-state index in [9.17, 15) is 35.6 Å². The summed E-state index contributed by atoms with van der Waals surface area (Å²) in [5.74, 6) is 0.542. The van der Waals surface area contributed by atoms with Crippen molar-refractivity contribution in [2.75, 3.05) is 6.54 Å². The summed E-state index contributed by atoms with van der Waals surface area (Å²) >= 11 is 0. The number of benzene rings is 6. The standard InChI is InChI=1S/C28H28FN3O.C27H26FN3O.C24H26F2N2O2S.3ClH/c1-3-32-17(2)26(22-12-20(29)9-11-25(22)32)19-13-28(14-19)15-21(16-28)30-27(33)24-10-8-18-6-4-5-7-23(18)31-24;1-3-30-16(2)26(22-13-19(28)9-11-25(22)30)21-14-20-12-18(21)15-31(20)27(32)24-10-8-17-6-4-5-7-23(17)29-24;1-3-28-15(2)23(21-10-18(26)6-9-22(21)28)16-11-24(12-16)13-19(14-24)27-31(29,30)20-7-4-17(25)5-8-20;;;/h4-12,19,21H,3,13-16H2,1-2H3,(H,30,33);4-11,13,18,20-21H,3,12,14-15H2,1-2H3;4-10,16,19,27H,3,11-14H2,1-2H3;3*1H. The zero-order valence-corrected chi connectivity index (χ0v) is 59.6. The van der Waals surface area contributed by atoms with Crippen LogP contribution < -0.4 is 10.0 Å². The van der Waals surface area contributed by atoms with E-state index in [1.807, 2.05) is 89.8 Å². The quantitative estimate of drug-likeness (QED) is 0.117. The maximum Gasteiger partial charge on any atom is 0.272 e. The van der Waals surface area contributed by atoms with Crippen LogP contribution in [0, 0.1) is 60.8 Å². The molecule has 99 heavy (non-hydrogen) atoms. The first-order valence-electron chi connectivity index (χ1n) is 34.2. The monoisotopic (exact) mass is 1420 g/mol. The molecule has 11 aromatic rings. The van der Waals surface area contributed by atoms with Crippen LogP contribution in [-0.4, -0.2) is 73.5 Å². The number of sulfonamides is 1. The highest BCUT2D eigenvalue weighted by Crippen LogP contribution is 2.64. The summed E-state index contributed by atoms with van der Waals surface area (Å²) in [7, 11) is -3.64. The van der Waals surface area contributed by atoms with Crippen LogP contribution in [0.4, 0.5) is 17.6 Å². The highest BCUT2D eigenvalue weighted by atomic mass is 35.5. The Bertz CT molecular complexity index is 5030. The van der Waals surface area contributed by atoms with Gasteiger partial charge in [0.25, 0.3) is 11.8 Å². The van der Waals surface area contributed by atoms with E-state index in [1.165, 1.54) is 52.0 Å². The predicted molar refractivity (Wildman–Crippen MR) is 391 cm³/mol. The second-order valence-corrected chi connectivity index (χ2v) is 30.1. The minimum Gasteiger partial charge on any atom is -0.348 e. The van der Waals surface area contributed by atoms with Crippen molar-refractivity contribution in [3.63, 3.8) is 0 Å². The zero-order chi connectivity index (χ0) is 66.7. The maximum absolute atomic E-state index is 14.1. The van der Waals surface area contributed by atoms with Crippen LogP contribution in [0.5, 0.6) is 0 Å². The van der Waals surface area contributed by atoms with Gasteiger partial charge in [-0.15, -0.1) is 37.2 Å². The number of pyridine rings is 2. The Kier molecular flexibility index (Phi) is 19.8. The molecular formula is C79H83Cl3F4N8O4S. The highest BCUT2D eigenvalue weighted by molar-refractivity contribution is 7.89. The first-order chi connectivity index (χ1) is 46.2. The molecule has 20 heteroatoms. The number of aromatic nitrogens is 5. The van der Waals surface area contributed by atoms with Crippen molar-refractivity contribution in [1.29, 1.82) is 0 Å². The second kappa shape index (κ2) is 27.6. The molecule has 5 aromatic heterocycles. The number of carbonyl (C=O) groups excluding carboxylic acids is 2. The lowest BCUT2D eigenvalue weighted by atomic mass is 9.49. The van der Waals surface area contributed by atoms with Gasteiger partial charge in [0, 0.05) is 105 Å². The highest BCUT2D eigenvalue weighted by Gasteiger charge is 2.56. The van der Waals surface area contributed by atoms with E-state index in [1.54, 1.807) is 36.4 Å². The minimum absolute atomic E-state index is 0. The predicted octanol–water partition coefficient (Wildman–Crippen LogP) is 18.3. The van der Waals surface area contributed by atoms with Crippen LogP contribution in [0.25, 0.3) is 54.5 Å². The number of carbonyl (C=O) groups is 2. The maximum atomic E-state index is 14.1. The summed E-state index contributed by atoms with van der Waals surface area (Å²) in [4.78, 5) is 37.3. The normalized spacial score (nSPS) is 23.3. The minimum atomic E-state index is -3.64. The van der Waals surface area contributed by atoms with Gasteiger partial charge in [0.1, 0.15) is 34.7 Å². The first kappa shape index (κ1) is 71.0. The smallest absolute Gasteiger partial charge is 0.272 e. The molecule has 6 aromatic carbocycles. The molecule has 5 aliphatic carbocycles. The molecule has 2 amide bonds. The van der Waals surface area contributed by atoms with Crippen LogP contribution >= 0.6 is 37.2 Å². The van der Waals surface area contributed by atoms with Gasteiger partial charge in [0.15, 0.2) is 0 Å². The molecule has 12 nitrogen and oxygen atoms in total. The number of rotatable bonds is 12. The van der Waals surface area contributed by atoms with E-state index in [2.05, 4.69) is 75.3 Å². The summed E-state index contributed by atoms with van der Waals surface area (Å²) in [5.41, 5.74) is 14.1. The topological polar surface area (TPSA) is 136 Å². The molecule has 6 heterocycles. The van der Waals surface area contributed by atoms with E-state index in [-0.39, 0.29) is 94.9 Å². The van der Waals surface area contributed by atoms with Crippen molar-refractivity contribution >= 4 is 114 Å². The molecule has 2 spiro atoms. The van der Waals surface area contributed by atoms with Gasteiger partial charge in [0.05, 0.1) is 15.9 Å². The number of hydrogen-bond acceptors (Lipinski definition) is 6. The number of nitrogens with one attached hydrogen (secondary N) is 2. The van der Waals surface area contributed by atoms with Crippen molar-refractivity contribution < 1.29 is 35.6 Å². The molecule has 3 atom stereocenters. The average Bonchev–Trinajstić information content (AvgIpc) is 1.44. The molecule has 2 bridgehead atoms. The second-order valence-electron chi connectivity index (χ2n) is 28.4. The Morgan fingerprint density at radius 3 is 1.39 bits per heavy atom. The van der Waals surface area contributed by atoms with Crippen molar-refractivity contribution in [2.24, 2.45) is 16.7 Å². The molecule has 2 N–H and O–H groups in total. The van der Waals surface area contributed by atoms with E-state index in [0.717, 1.165) is 157 Å². The van der Waals surface area contributed by atoms with E-state index in [0.29, 0.717) is 40.5 Å². The van der Waals surface area contributed by atoms with Gasteiger partial charge < -0.3 is 23.9 Å². The fraction of sp³-hybridized carbons (Fsp3) is 0.367. The number of piperidine rings is 1. The molecule has 1 saturated heterocycles. The fourth-order valence-corrected chi connectivity index (χ4v) is 19.8. The summed E-state index contributed by atoms with van der Waals surface area (Å²) in [6, 6.07) is 43.9. The molecule has 518 valence electrons. The van der Waals surface area contributed by atoms with E-state index >= 15 is 0 Å². The van der Waals surface area contributed by atoms with Crippen LogP contribution in [-0.2, 0) is 29.7 Å². The number of para-hydroxylation sites is 2. The Balaban J connectivity index is 0.000000139. The number of hydrogen-bond donors (Lipinski definition) is 2. The molecule has 3 unspecified atom stereocenters. The largest absolute Gasteiger partial charge is 0.348 e. The summed E-state index contributed by atoms with van der Waals surface area (Å²) < 4.78 is 89.9. The van der Waals surface area contributed by atoms with E-state index in [4.69, 9.17) is 0 Å². The van der Waals surface area contributed by atoms with Gasteiger partial charge in [-0.1, -0.05) is 48.5 Å². The molecule has 6 fully saturated rings. The van der Waals surface area contributed by atoms with Crippen LogP contribution in [0.2, 0.25) is 0 Å². The molecule has 0 radical (unpaired) electrons. The van der Waals surface area contributed by atoms with Gasteiger partial charge >= 0.3 is 0 Å². The Morgan fingerprint density at radius 2 is 0.929 bits per heavy atom. The summed E-state index contributed by atoms with van der Waals surface area (Å²) in [6.07, 6.45) is 9.84. The van der Waals surface area contributed by atoms with Crippen LogP contribution in [0.15, 0.2) is 157 Å². The summed E-state index contributed by atoms with van der Waals surface area (Å²) in [6.45, 7) is 16.2. The van der Waals surface area contributed by atoms with Gasteiger partial charge in [-0.25, -0.2) is 40.7 Å². The lowest BCUT2D eigenvalue weighted by molar-refractivity contribution is -0.0186. The Hall–Kier alpha value is -7.80. The van der Waals surface area contributed by atoms with Crippen molar-refractivity contribution in [3.8, 4) is 0 Å². The number of likely N-dealkylation sites (tertiary alicyclic amines) is 1. The van der Waals surface area contributed by atoms with Gasteiger partial charge in [-0.2, -0.15) is 0 Å². The zero-order valence-electron chi connectivity index (χ0n) is 56.3. The molecule has 1 aliphatic heterocycles. The van der Waals surface area contributed by atoms with Crippen molar-refractivity contribution in [1.82, 2.24) is 38.6 Å². The molecule has 17 rings (SSSR count). The number of halogens is 7. The Labute approximate surface area is 593 Å². The van der Waals surface area contributed by atoms with E-state index < -0.39 is 15.8 Å². The lowest BCUT2D eigenvalue weighted by Gasteiger charge is -2.58. The number of nitrogens with zero attached hydrogens (tertiary/aromatic N) is 6. The Morgan fingerprint density at radius 1 is 0.505 bits per heavy atom. The third kappa shape index (κ3) is 12.8. The summed E-state index contributed by atoms with van der Waals surface area (Å²) in [5, 5.41) is 8.38. The first-order valence-corrected chi connectivity index (χ1v) is 35.7. The third-order valence-corrected chi connectivity index (χ3v) is 24.3. The number of aryl methyl sites for hydroxylation is 3. The van der Waals surface area contributed by atoms with Gasteiger partial charge in [-0.05, 0) is 260 Å². The van der Waals surface area contributed by atoms with Crippen molar-refractivity contribution in [3.05, 3.63) is 220 Å². The average molecular weight is 1420 g/mol. The van der Waals surface area contributed by atoms with Crippen LogP contribution in [0.3, 0.4) is 0 Å². The number of fused-ring (bicyclic) bond motifs is 7. The fourth-order valence-electron chi connectivity index (χ4n) is 18.6. The van der Waals surface area contributed by atoms with Crippen LogP contribution in [0.1, 0.15) is 157 Å². The van der Waals surface area contributed by atoms with Crippen molar-refractivity contribution in [2.45, 2.75) is 166 Å². The molecule has 6 aliphatic rings. The number of amides is 2. The molecular weight excluding hydrogens is 1340 g/mol. The SMILES string of the molecule is CCn1c(C)c(C2CC3(CC(NC(=O)c4ccc5ccccc5n4)C3)C2)c2cc(F)ccc21.CCn1c(C)c(C2CC3(CC(NS(=O)(=O)c4ccc(F)cc4)C3)C2)c2cc(F)ccc21.CCn1c(C)c(C2CC3CC2CN3C(=O)c2ccc3ccccc3n2)c2cc(F)ccc21.Cl.Cl.Cl. The third-order valence-electron chi connectivity index (χ3n) is 22.8. The van der Waals surface area contributed by atoms with Gasteiger partial charge in [0.2, 0.25) is 10.0 Å². The lowest BCUT2D eigenvalue weighted by Crippen LogP contribution is -2.55. The van der Waals surface area contributed by atoms with Gasteiger partial charge in [-0.3, -0.25) is 9.59 Å².